The first-order valence-corrected chi connectivity index (χ1v) is 6.62. The highest BCUT2D eigenvalue weighted by atomic mass is 32.1. The van der Waals surface area contributed by atoms with Crippen molar-refractivity contribution in [3.63, 3.8) is 0 Å². The summed E-state index contributed by atoms with van der Waals surface area (Å²) in [7, 11) is 0. The maximum atomic E-state index is 11.8. The van der Waals surface area contributed by atoms with E-state index in [9.17, 15) is 4.79 Å². The topological polar surface area (TPSA) is 66.9 Å². The zero-order valence-corrected chi connectivity index (χ0v) is 10.5. The van der Waals surface area contributed by atoms with Gasteiger partial charge in [-0.25, -0.2) is 0 Å². The van der Waals surface area contributed by atoms with Crippen LogP contribution < -0.4 is 10.6 Å². The van der Waals surface area contributed by atoms with Crippen molar-refractivity contribution in [1.82, 2.24) is 9.59 Å². The minimum Gasteiger partial charge on any atom is -0.385 e. The van der Waals surface area contributed by atoms with Gasteiger partial charge in [0.1, 0.15) is 0 Å². The minimum absolute atomic E-state index is 0.215. The normalized spacial score (nSPS) is 13.6. The number of amides is 1. The van der Waals surface area contributed by atoms with E-state index < -0.39 is 0 Å². The molecule has 0 atom stereocenters. The van der Waals surface area contributed by atoms with Gasteiger partial charge in [-0.05, 0) is 48.1 Å². The van der Waals surface area contributed by atoms with Crippen molar-refractivity contribution in [1.29, 1.82) is 0 Å². The smallest absolute Gasteiger partial charge is 0.277 e. The first kappa shape index (κ1) is 11.2. The second kappa shape index (κ2) is 4.73. The first-order valence-electron chi connectivity index (χ1n) is 5.78. The third-order valence-electron chi connectivity index (χ3n) is 2.89. The van der Waals surface area contributed by atoms with Crippen LogP contribution in [0.2, 0.25) is 0 Å². The molecule has 1 aliphatic heterocycles. The van der Waals surface area contributed by atoms with Gasteiger partial charge < -0.3 is 10.6 Å². The van der Waals surface area contributed by atoms with E-state index in [1.54, 1.807) is 5.38 Å². The number of nitrogens with one attached hydrogen (secondary N) is 2. The maximum absolute atomic E-state index is 11.8. The molecule has 0 radical (unpaired) electrons. The van der Waals surface area contributed by atoms with Crippen molar-refractivity contribution in [3.8, 4) is 0 Å². The van der Waals surface area contributed by atoms with Crippen molar-refractivity contribution >= 4 is 28.8 Å². The highest BCUT2D eigenvalue weighted by Gasteiger charge is 2.12. The molecule has 0 bridgehead atoms. The fraction of sp³-hybridized carbons (Fsp3) is 0.250. The summed E-state index contributed by atoms with van der Waals surface area (Å²) in [6.45, 7) is 1.02. The maximum Gasteiger partial charge on any atom is 0.277 e. The van der Waals surface area contributed by atoms with Crippen LogP contribution >= 0.6 is 11.5 Å². The standard InChI is InChI=1S/C12H12N4OS/c17-12(11-7-18-16-15-11)14-9-3-4-10-8(6-9)2-1-5-13-10/h3-4,6-7,13H,1-2,5H2,(H,14,17). The van der Waals surface area contributed by atoms with Crippen molar-refractivity contribution in [3.05, 3.63) is 34.8 Å². The molecule has 2 heterocycles. The quantitative estimate of drug-likeness (QED) is 0.868. The van der Waals surface area contributed by atoms with Gasteiger partial charge in [0.25, 0.3) is 5.91 Å². The lowest BCUT2D eigenvalue weighted by molar-refractivity contribution is 0.102. The number of carbonyl (C=O) groups excluding carboxylic acids is 1. The van der Waals surface area contributed by atoms with Crippen LogP contribution in [0.5, 0.6) is 0 Å². The summed E-state index contributed by atoms with van der Waals surface area (Å²) in [5.74, 6) is -0.215. The number of anilines is 2. The van der Waals surface area contributed by atoms with E-state index in [1.807, 2.05) is 18.2 Å². The summed E-state index contributed by atoms with van der Waals surface area (Å²) in [4.78, 5) is 11.8. The van der Waals surface area contributed by atoms with E-state index in [0.29, 0.717) is 5.69 Å². The Morgan fingerprint density at radius 3 is 3.22 bits per heavy atom. The molecule has 1 aromatic heterocycles. The zero-order valence-electron chi connectivity index (χ0n) is 9.64. The van der Waals surface area contributed by atoms with E-state index in [4.69, 9.17) is 0 Å². The molecule has 1 amide bonds. The molecule has 0 saturated carbocycles. The Bertz CT molecular complexity index is 567. The van der Waals surface area contributed by atoms with Gasteiger partial charge in [0, 0.05) is 23.3 Å². The summed E-state index contributed by atoms with van der Waals surface area (Å²) < 4.78 is 3.68. The van der Waals surface area contributed by atoms with Crippen LogP contribution in [0.15, 0.2) is 23.6 Å². The number of hydrogen-bond acceptors (Lipinski definition) is 5. The molecular weight excluding hydrogens is 248 g/mol. The molecule has 0 saturated heterocycles. The number of aromatic nitrogens is 2. The number of aryl methyl sites for hydroxylation is 1. The number of hydrogen-bond donors (Lipinski definition) is 2. The zero-order chi connectivity index (χ0) is 12.4. The Labute approximate surface area is 108 Å². The van der Waals surface area contributed by atoms with Crippen molar-refractivity contribution in [2.45, 2.75) is 12.8 Å². The SMILES string of the molecule is O=C(Nc1ccc2c(c1)CCCN2)c1csnn1. The van der Waals surface area contributed by atoms with Gasteiger partial charge in [-0.3, -0.25) is 4.79 Å². The summed E-state index contributed by atoms with van der Waals surface area (Å²) in [5.41, 5.74) is 3.57. The number of nitrogens with zero attached hydrogens (tertiary/aromatic N) is 2. The van der Waals surface area contributed by atoms with Crippen LogP contribution in [0.4, 0.5) is 11.4 Å². The Balaban J connectivity index is 1.79. The molecule has 5 nitrogen and oxygen atoms in total. The van der Waals surface area contributed by atoms with Gasteiger partial charge in [0.2, 0.25) is 0 Å². The summed E-state index contributed by atoms with van der Waals surface area (Å²) in [5, 5.41) is 11.5. The van der Waals surface area contributed by atoms with Crippen molar-refractivity contribution < 1.29 is 4.79 Å². The average molecular weight is 260 g/mol. The van der Waals surface area contributed by atoms with Crippen LogP contribution in [-0.4, -0.2) is 22.0 Å². The highest BCUT2D eigenvalue weighted by molar-refractivity contribution is 7.03. The predicted octanol–water partition coefficient (Wildman–Crippen LogP) is 2.15. The van der Waals surface area contributed by atoms with Gasteiger partial charge in [-0.2, -0.15) is 0 Å². The van der Waals surface area contributed by atoms with Crippen molar-refractivity contribution in [2.75, 3.05) is 17.2 Å². The third kappa shape index (κ3) is 2.19. The minimum atomic E-state index is -0.215. The van der Waals surface area contributed by atoms with Crippen LogP contribution in [0.25, 0.3) is 0 Å². The molecule has 2 aromatic rings. The summed E-state index contributed by atoms with van der Waals surface area (Å²) >= 11 is 1.17. The first-order chi connectivity index (χ1) is 8.83. The molecule has 1 aromatic carbocycles. The molecule has 0 spiro atoms. The molecule has 1 aliphatic rings. The van der Waals surface area contributed by atoms with Crippen LogP contribution in [-0.2, 0) is 6.42 Å². The second-order valence-corrected chi connectivity index (χ2v) is 4.76. The van der Waals surface area contributed by atoms with Crippen LogP contribution in [0, 0.1) is 0 Å². The summed E-state index contributed by atoms with van der Waals surface area (Å²) in [6, 6.07) is 5.91. The Morgan fingerprint density at radius 2 is 2.39 bits per heavy atom. The molecule has 2 N–H and O–H groups in total. The van der Waals surface area contributed by atoms with Gasteiger partial charge in [-0.15, -0.1) is 5.10 Å². The molecule has 0 fully saturated rings. The fourth-order valence-corrected chi connectivity index (χ4v) is 2.45. The Morgan fingerprint density at radius 1 is 1.44 bits per heavy atom. The molecule has 0 unspecified atom stereocenters. The Hall–Kier alpha value is -1.95. The third-order valence-corrected chi connectivity index (χ3v) is 3.40. The number of carbonyl (C=O) groups is 1. The fourth-order valence-electron chi connectivity index (χ4n) is 2.01. The number of rotatable bonds is 2. The predicted molar refractivity (Wildman–Crippen MR) is 71.1 cm³/mol. The lowest BCUT2D eigenvalue weighted by Crippen LogP contribution is -2.15. The highest BCUT2D eigenvalue weighted by Crippen LogP contribution is 2.25. The van der Waals surface area contributed by atoms with Gasteiger partial charge in [0.05, 0.1) is 0 Å². The molecular formula is C12H12N4OS. The lowest BCUT2D eigenvalue weighted by Gasteiger charge is -2.18. The van der Waals surface area contributed by atoms with Gasteiger partial charge in [0.15, 0.2) is 5.69 Å². The molecule has 3 rings (SSSR count). The number of fused-ring (bicyclic) bond motifs is 1. The van der Waals surface area contributed by atoms with E-state index in [1.165, 1.54) is 17.1 Å². The largest absolute Gasteiger partial charge is 0.385 e. The van der Waals surface area contributed by atoms with E-state index >= 15 is 0 Å². The molecule has 18 heavy (non-hydrogen) atoms. The Kier molecular flexibility index (Phi) is 2.93. The van der Waals surface area contributed by atoms with Gasteiger partial charge >= 0.3 is 0 Å². The molecule has 92 valence electrons. The average Bonchev–Trinajstić information content (AvgIpc) is 2.92. The van der Waals surface area contributed by atoms with E-state index in [-0.39, 0.29) is 5.91 Å². The van der Waals surface area contributed by atoms with Gasteiger partial charge in [-0.1, -0.05) is 4.49 Å². The summed E-state index contributed by atoms with van der Waals surface area (Å²) in [6.07, 6.45) is 2.17. The van der Waals surface area contributed by atoms with Crippen molar-refractivity contribution in [2.24, 2.45) is 0 Å². The monoisotopic (exact) mass is 260 g/mol. The van der Waals surface area contributed by atoms with E-state index in [0.717, 1.165) is 30.8 Å². The van der Waals surface area contributed by atoms with E-state index in [2.05, 4.69) is 20.2 Å². The lowest BCUT2D eigenvalue weighted by atomic mass is 10.0. The number of benzene rings is 1. The molecule has 0 aliphatic carbocycles. The second-order valence-electron chi connectivity index (χ2n) is 4.15. The van der Waals surface area contributed by atoms with Crippen LogP contribution in [0.1, 0.15) is 22.5 Å². The molecule has 6 heteroatoms. The van der Waals surface area contributed by atoms with Crippen LogP contribution in [0.3, 0.4) is 0 Å².